The summed E-state index contributed by atoms with van der Waals surface area (Å²) in [5, 5.41) is 0.319. The van der Waals surface area contributed by atoms with Crippen molar-refractivity contribution in [1.82, 2.24) is 0 Å². The number of benzene rings is 1. The second-order valence-electron chi connectivity index (χ2n) is 9.74. The summed E-state index contributed by atoms with van der Waals surface area (Å²) in [6.45, 7) is 23.2. The van der Waals surface area contributed by atoms with Crippen LogP contribution in [0.25, 0.3) is 0 Å². The summed E-state index contributed by atoms with van der Waals surface area (Å²) in [6, 6.07) is 10.1. The van der Waals surface area contributed by atoms with Crippen molar-refractivity contribution in [2.45, 2.75) is 90.9 Å². The van der Waals surface area contributed by atoms with Gasteiger partial charge in [-0.3, -0.25) is 9.59 Å². The summed E-state index contributed by atoms with van der Waals surface area (Å²) in [4.78, 5) is 32.9. The molecule has 0 aliphatic heterocycles. The highest BCUT2D eigenvalue weighted by atomic mass is 32.2. The Hall–Kier alpha value is -0.470. The van der Waals surface area contributed by atoms with Gasteiger partial charge in [0.05, 0.1) is 15.9 Å². The van der Waals surface area contributed by atoms with E-state index in [-0.39, 0.29) is 54.4 Å². The minimum Gasteiger partial charge on any atom is -0.465 e. The number of esters is 1. The Bertz CT molecular complexity index is 1100. The molecule has 2 unspecified atom stereocenters. The summed E-state index contributed by atoms with van der Waals surface area (Å²) in [7, 11) is 0. The molecule has 0 aliphatic carbocycles. The van der Waals surface area contributed by atoms with Crippen LogP contribution in [0.2, 0.25) is 0 Å². The van der Waals surface area contributed by atoms with Gasteiger partial charge in [0.1, 0.15) is 25.2 Å². The molecule has 0 amide bonds. The summed E-state index contributed by atoms with van der Waals surface area (Å²) >= 11 is 23.4. The number of carbonyl (C=O) groups excluding carboxylic acids is 3. The lowest BCUT2D eigenvalue weighted by molar-refractivity contribution is -0.144. The predicted molar refractivity (Wildman–Crippen MR) is 223 cm³/mol. The molecule has 0 aliphatic rings. The van der Waals surface area contributed by atoms with Crippen LogP contribution in [0.15, 0.2) is 55.1 Å². The Morgan fingerprint density at radius 1 is 0.933 bits per heavy atom. The van der Waals surface area contributed by atoms with Crippen molar-refractivity contribution < 1.29 is 19.1 Å². The van der Waals surface area contributed by atoms with Crippen LogP contribution in [0.5, 0.6) is 0 Å². The molecule has 45 heavy (non-hydrogen) atoms. The van der Waals surface area contributed by atoms with Crippen molar-refractivity contribution in [3.8, 4) is 0 Å². The average Bonchev–Trinajstić information content (AvgIpc) is 2.95. The Balaban J connectivity index is -0.000000604. The lowest BCUT2D eigenvalue weighted by atomic mass is 10.2. The second kappa shape index (κ2) is 28.5. The van der Waals surface area contributed by atoms with Gasteiger partial charge in [0.15, 0.2) is 0 Å². The molecule has 0 bridgehead atoms. The first-order valence-electron chi connectivity index (χ1n) is 13.8. The fourth-order valence-electron chi connectivity index (χ4n) is 2.20. The lowest BCUT2D eigenvalue weighted by Crippen LogP contribution is -2.13. The van der Waals surface area contributed by atoms with Crippen LogP contribution in [-0.2, 0) is 19.1 Å². The van der Waals surface area contributed by atoms with Gasteiger partial charge in [-0.1, -0.05) is 111 Å². The van der Waals surface area contributed by atoms with Crippen LogP contribution in [-0.4, -0.2) is 62.1 Å². The van der Waals surface area contributed by atoms with Crippen molar-refractivity contribution in [2.75, 3.05) is 18.1 Å². The van der Waals surface area contributed by atoms with E-state index in [2.05, 4.69) is 40.9 Å². The first-order valence-corrected chi connectivity index (χ1v) is 19.6. The van der Waals surface area contributed by atoms with Crippen LogP contribution < -0.4 is 0 Å². The molecule has 0 spiro atoms. The zero-order valence-corrected chi connectivity index (χ0v) is 33.5. The molecule has 1 aromatic carbocycles. The van der Waals surface area contributed by atoms with E-state index in [0.29, 0.717) is 14.5 Å². The van der Waals surface area contributed by atoms with Crippen molar-refractivity contribution in [3.05, 3.63) is 60.7 Å². The largest absolute Gasteiger partial charge is 0.465 e. The van der Waals surface area contributed by atoms with Gasteiger partial charge in [0, 0.05) is 22.2 Å². The maximum Gasteiger partial charge on any atom is 0.306 e. The molecule has 254 valence electrons. The van der Waals surface area contributed by atoms with Crippen molar-refractivity contribution in [1.29, 1.82) is 0 Å². The number of carbonyl (C=O) groups is 3. The van der Waals surface area contributed by atoms with Crippen LogP contribution in [0.4, 0.5) is 0 Å². The third-order valence-corrected chi connectivity index (χ3v) is 12.3. The zero-order chi connectivity index (χ0) is 34.3. The van der Waals surface area contributed by atoms with E-state index in [1.54, 1.807) is 35.3 Å². The van der Waals surface area contributed by atoms with Crippen LogP contribution in [0, 0.1) is 0 Å². The highest BCUT2D eigenvalue weighted by Crippen LogP contribution is 2.29. The Labute approximate surface area is 310 Å². The van der Waals surface area contributed by atoms with Crippen LogP contribution in [0.1, 0.15) is 81.2 Å². The molecule has 0 heterocycles. The first-order chi connectivity index (χ1) is 20.4. The van der Waals surface area contributed by atoms with E-state index in [9.17, 15) is 14.4 Å². The van der Waals surface area contributed by atoms with E-state index in [1.807, 2.05) is 50.3 Å². The third kappa shape index (κ3) is 29.4. The Kier molecular flexibility index (Phi) is 31.0. The smallest absolute Gasteiger partial charge is 0.306 e. The summed E-state index contributed by atoms with van der Waals surface area (Å²) in [5.74, 6) is 1.31. The van der Waals surface area contributed by atoms with Gasteiger partial charge < -0.3 is 9.53 Å². The van der Waals surface area contributed by atoms with E-state index in [0.717, 1.165) is 19.0 Å². The fourth-order valence-corrected chi connectivity index (χ4v) is 8.80. The van der Waals surface area contributed by atoms with Gasteiger partial charge in [0.25, 0.3) is 0 Å². The lowest BCUT2D eigenvalue weighted by Gasteiger charge is -2.19. The van der Waals surface area contributed by atoms with E-state index < -0.39 is 0 Å². The molecule has 0 radical (unpaired) electrons. The molecule has 2 atom stereocenters. The number of hydrogen-bond donors (Lipinski definition) is 0. The minimum absolute atomic E-state index is 0. The topological polar surface area (TPSA) is 60.4 Å². The van der Waals surface area contributed by atoms with E-state index >= 15 is 0 Å². The minimum atomic E-state index is -0.369. The van der Waals surface area contributed by atoms with E-state index in [4.69, 9.17) is 41.4 Å². The highest BCUT2D eigenvalue weighted by molar-refractivity contribution is 8.48. The molecule has 0 saturated heterocycles. The van der Waals surface area contributed by atoms with Crippen LogP contribution in [0.3, 0.4) is 0 Å². The number of rotatable bonds is 14. The fraction of sp³-hybridized carbons (Fsp3) is 0.515. The zero-order valence-electron chi connectivity index (χ0n) is 27.0. The van der Waals surface area contributed by atoms with E-state index in [1.165, 1.54) is 42.9 Å². The maximum absolute atomic E-state index is 11.2. The molecular weight excluding hydrogens is 717 g/mol. The van der Waals surface area contributed by atoms with Gasteiger partial charge in [-0.05, 0) is 59.8 Å². The third-order valence-electron chi connectivity index (χ3n) is 5.18. The normalized spacial score (nSPS) is 11.5. The van der Waals surface area contributed by atoms with Gasteiger partial charge in [-0.15, -0.1) is 53.6 Å². The molecule has 1 aromatic rings. The van der Waals surface area contributed by atoms with Crippen molar-refractivity contribution >= 4 is 124 Å². The predicted octanol–water partition coefficient (Wildman–Crippen LogP) is 11.0. The average molecular weight is 767 g/mol. The molecular formula is C33H50O4S8. The van der Waals surface area contributed by atoms with Crippen molar-refractivity contribution in [2.24, 2.45) is 0 Å². The second-order valence-corrected chi connectivity index (χ2v) is 19.5. The molecule has 1 rings (SSSR count). The number of thioether (sulfide) groups is 5. The van der Waals surface area contributed by atoms with Crippen LogP contribution >= 0.6 is 95.5 Å². The SMILES string of the molecule is C.C=C(C)C(C)SC(=S)SCC.C=CC(C)(C)SC(=S)c1ccccc1.CC(=O)CCC(=O)OCCSC(=S)SC(C)C(C)=O. The number of ether oxygens (including phenoxy) is 1. The van der Waals surface area contributed by atoms with Gasteiger partial charge >= 0.3 is 5.97 Å². The standard InChI is InChI=1S/C12H18O4S3.C12H14S2.C8H14S3.CH4/c1-8(13)4-5-11(15)16-6-7-18-12(17)19-10(3)9(2)14;1-4-12(2,3)14-11(13)10-8-6-5-7-9-10;1-5-10-8(9)11-7(4)6(2)3;/h10H,4-7H2,1-3H3;4-9H,1H2,2-3H3;7H,2,5H2,1,3-4H3;1H4. The van der Waals surface area contributed by atoms with Gasteiger partial charge in [-0.2, -0.15) is 0 Å². The Morgan fingerprint density at radius 2 is 1.47 bits per heavy atom. The summed E-state index contributed by atoms with van der Waals surface area (Å²) in [6.07, 6.45) is 2.27. The first kappa shape index (κ1) is 48.9. The number of ketones is 2. The Morgan fingerprint density at radius 3 is 1.93 bits per heavy atom. The summed E-state index contributed by atoms with van der Waals surface area (Å²) in [5.41, 5.74) is 2.30. The molecule has 4 nitrogen and oxygen atoms in total. The molecule has 0 saturated carbocycles. The summed E-state index contributed by atoms with van der Waals surface area (Å²) < 4.78 is 7.58. The molecule has 12 heteroatoms. The van der Waals surface area contributed by atoms with Gasteiger partial charge in [-0.25, -0.2) is 0 Å². The number of hydrogen-bond acceptors (Lipinski definition) is 12. The monoisotopic (exact) mass is 766 g/mol. The molecule has 0 fully saturated rings. The van der Waals surface area contributed by atoms with Gasteiger partial charge in [0.2, 0.25) is 0 Å². The highest BCUT2D eigenvalue weighted by Gasteiger charge is 2.17. The molecule has 0 N–H and O–H groups in total. The number of thiocarbonyl (C=S) groups is 3. The molecule has 0 aromatic heterocycles. The van der Waals surface area contributed by atoms with Crippen molar-refractivity contribution in [3.63, 3.8) is 0 Å². The maximum atomic E-state index is 11.2. The number of Topliss-reactive ketones (excluding diaryl/α,β-unsaturated/α-hetero) is 2. The quantitative estimate of drug-likeness (QED) is 0.0784.